The highest BCUT2D eigenvalue weighted by atomic mass is 16.7. The van der Waals surface area contributed by atoms with Gasteiger partial charge in [-0.05, 0) is 60.4 Å². The summed E-state index contributed by atoms with van der Waals surface area (Å²) in [4.78, 5) is 25.6. The number of amides is 1. The van der Waals surface area contributed by atoms with Crippen LogP contribution in [0.5, 0.6) is 5.75 Å². The summed E-state index contributed by atoms with van der Waals surface area (Å²) >= 11 is 0. The molecule has 1 saturated heterocycles. The SMILES string of the molecule is O=C(OCc1cccc(OCc2ccccc2)c1)c1ccc(NC(=O)C2CCCCC23OCCO3)cc1. The Morgan fingerprint density at radius 1 is 0.865 bits per heavy atom. The number of esters is 1. The van der Waals surface area contributed by atoms with E-state index in [1.807, 2.05) is 54.6 Å². The molecular formula is C30H31NO6. The topological polar surface area (TPSA) is 83.1 Å². The van der Waals surface area contributed by atoms with Crippen LogP contribution in [0.15, 0.2) is 78.9 Å². The lowest BCUT2D eigenvalue weighted by molar-refractivity contribution is -0.210. The van der Waals surface area contributed by atoms with Crippen molar-refractivity contribution in [3.8, 4) is 5.75 Å². The van der Waals surface area contributed by atoms with Gasteiger partial charge in [-0.2, -0.15) is 0 Å². The van der Waals surface area contributed by atoms with E-state index in [1.54, 1.807) is 24.3 Å². The molecule has 3 aromatic rings. The molecule has 0 aromatic heterocycles. The average Bonchev–Trinajstić information content (AvgIpc) is 3.40. The van der Waals surface area contributed by atoms with E-state index in [1.165, 1.54) is 0 Å². The first-order valence-electron chi connectivity index (χ1n) is 12.7. The fourth-order valence-electron chi connectivity index (χ4n) is 4.88. The van der Waals surface area contributed by atoms with E-state index in [0.717, 1.165) is 36.8 Å². The lowest BCUT2D eigenvalue weighted by Crippen LogP contribution is -2.47. The van der Waals surface area contributed by atoms with Crippen LogP contribution in [-0.4, -0.2) is 30.9 Å². The molecule has 192 valence electrons. The summed E-state index contributed by atoms with van der Waals surface area (Å²) in [6.45, 7) is 1.63. The van der Waals surface area contributed by atoms with E-state index >= 15 is 0 Å². The summed E-state index contributed by atoms with van der Waals surface area (Å²) < 4.78 is 23.1. The van der Waals surface area contributed by atoms with Crippen molar-refractivity contribution in [2.45, 2.75) is 44.7 Å². The number of hydrogen-bond acceptors (Lipinski definition) is 6. The molecule has 1 aliphatic carbocycles. The molecule has 1 aliphatic heterocycles. The van der Waals surface area contributed by atoms with Gasteiger partial charge in [-0.1, -0.05) is 48.9 Å². The highest BCUT2D eigenvalue weighted by molar-refractivity contribution is 5.94. The molecule has 0 radical (unpaired) electrons. The smallest absolute Gasteiger partial charge is 0.338 e. The zero-order chi connectivity index (χ0) is 25.5. The van der Waals surface area contributed by atoms with Gasteiger partial charge in [0.05, 0.1) is 24.7 Å². The van der Waals surface area contributed by atoms with Crippen LogP contribution in [0, 0.1) is 5.92 Å². The maximum absolute atomic E-state index is 13.0. The molecule has 5 rings (SSSR count). The lowest BCUT2D eigenvalue weighted by Gasteiger charge is -2.38. The van der Waals surface area contributed by atoms with Gasteiger partial charge in [-0.15, -0.1) is 0 Å². The fourth-order valence-corrected chi connectivity index (χ4v) is 4.88. The maximum Gasteiger partial charge on any atom is 0.338 e. The Balaban J connectivity index is 1.13. The predicted molar refractivity (Wildman–Crippen MR) is 138 cm³/mol. The number of ether oxygens (including phenoxy) is 4. The van der Waals surface area contributed by atoms with Gasteiger partial charge in [0.2, 0.25) is 5.91 Å². The van der Waals surface area contributed by atoms with Crippen LogP contribution in [0.2, 0.25) is 0 Å². The molecule has 2 fully saturated rings. The number of benzene rings is 3. The Kier molecular flexibility index (Phi) is 7.82. The van der Waals surface area contributed by atoms with E-state index in [-0.39, 0.29) is 18.4 Å². The Hall–Kier alpha value is -3.68. The van der Waals surface area contributed by atoms with Crippen LogP contribution in [0.3, 0.4) is 0 Å². The van der Waals surface area contributed by atoms with Crippen LogP contribution < -0.4 is 10.1 Å². The first-order valence-corrected chi connectivity index (χ1v) is 12.7. The van der Waals surface area contributed by atoms with Gasteiger partial charge in [-0.3, -0.25) is 4.79 Å². The van der Waals surface area contributed by atoms with Crippen molar-refractivity contribution in [2.75, 3.05) is 18.5 Å². The molecule has 0 bridgehead atoms. The van der Waals surface area contributed by atoms with E-state index in [0.29, 0.717) is 36.8 Å². The van der Waals surface area contributed by atoms with Gasteiger partial charge in [0, 0.05) is 12.1 Å². The minimum atomic E-state index is -0.796. The van der Waals surface area contributed by atoms with Crippen molar-refractivity contribution in [1.29, 1.82) is 0 Å². The Bertz CT molecular complexity index is 1200. The first-order chi connectivity index (χ1) is 18.1. The third-order valence-corrected chi connectivity index (χ3v) is 6.80. The average molecular weight is 502 g/mol. The molecule has 1 atom stereocenters. The van der Waals surface area contributed by atoms with Crippen LogP contribution in [0.25, 0.3) is 0 Å². The standard InChI is InChI=1S/C30H31NO6/c32-28(27-11-4-5-16-30(27)36-17-18-37-30)31-25-14-12-24(13-15-25)29(33)35-21-23-9-6-10-26(19-23)34-20-22-7-2-1-3-8-22/h1-3,6-10,12-15,19,27H,4-5,11,16-18,20-21H2,(H,31,32). The highest BCUT2D eigenvalue weighted by Gasteiger charge is 2.49. The Morgan fingerprint density at radius 3 is 2.41 bits per heavy atom. The molecule has 1 heterocycles. The Labute approximate surface area is 216 Å². The second-order valence-corrected chi connectivity index (χ2v) is 9.37. The van der Waals surface area contributed by atoms with Gasteiger partial charge < -0.3 is 24.3 Å². The van der Waals surface area contributed by atoms with Crippen molar-refractivity contribution in [3.05, 3.63) is 95.6 Å². The third-order valence-electron chi connectivity index (χ3n) is 6.80. The molecule has 1 unspecified atom stereocenters. The van der Waals surface area contributed by atoms with Crippen molar-refractivity contribution in [2.24, 2.45) is 5.92 Å². The predicted octanol–water partition coefficient (Wildman–Crippen LogP) is 5.49. The first kappa shape index (κ1) is 25.0. The van der Waals surface area contributed by atoms with Crippen LogP contribution in [0.4, 0.5) is 5.69 Å². The Morgan fingerprint density at radius 2 is 1.62 bits per heavy atom. The molecule has 37 heavy (non-hydrogen) atoms. The minimum Gasteiger partial charge on any atom is -0.489 e. The molecule has 2 aliphatic rings. The van der Waals surface area contributed by atoms with Gasteiger partial charge >= 0.3 is 5.97 Å². The van der Waals surface area contributed by atoms with Gasteiger partial charge in [0.15, 0.2) is 5.79 Å². The molecule has 1 N–H and O–H groups in total. The van der Waals surface area contributed by atoms with Crippen LogP contribution in [0.1, 0.15) is 47.2 Å². The number of nitrogens with one attached hydrogen (secondary N) is 1. The summed E-state index contributed by atoms with van der Waals surface area (Å²) in [5.41, 5.74) is 2.94. The molecular weight excluding hydrogens is 470 g/mol. The maximum atomic E-state index is 13.0. The number of carbonyl (C=O) groups is 2. The molecule has 1 amide bonds. The summed E-state index contributed by atoms with van der Waals surface area (Å²) in [5, 5.41) is 2.95. The lowest BCUT2D eigenvalue weighted by atomic mass is 9.82. The number of rotatable bonds is 8. The monoisotopic (exact) mass is 501 g/mol. The number of carbonyl (C=O) groups excluding carboxylic acids is 2. The van der Waals surface area contributed by atoms with Crippen molar-refractivity contribution in [1.82, 2.24) is 0 Å². The van der Waals surface area contributed by atoms with E-state index in [4.69, 9.17) is 18.9 Å². The largest absolute Gasteiger partial charge is 0.489 e. The van der Waals surface area contributed by atoms with Crippen LogP contribution >= 0.6 is 0 Å². The fraction of sp³-hybridized carbons (Fsp3) is 0.333. The van der Waals surface area contributed by atoms with Gasteiger partial charge in [0.25, 0.3) is 0 Å². The minimum absolute atomic E-state index is 0.119. The van der Waals surface area contributed by atoms with Gasteiger partial charge in [-0.25, -0.2) is 4.79 Å². The zero-order valence-corrected chi connectivity index (χ0v) is 20.7. The molecule has 1 saturated carbocycles. The van der Waals surface area contributed by atoms with Gasteiger partial charge in [0.1, 0.15) is 19.0 Å². The highest BCUT2D eigenvalue weighted by Crippen LogP contribution is 2.41. The normalized spacial score (nSPS) is 18.3. The quantitative estimate of drug-likeness (QED) is 0.411. The zero-order valence-electron chi connectivity index (χ0n) is 20.7. The molecule has 3 aromatic carbocycles. The van der Waals surface area contributed by atoms with Crippen molar-refractivity contribution < 1.29 is 28.5 Å². The third kappa shape index (κ3) is 6.18. The molecule has 1 spiro atoms. The number of anilines is 1. The van der Waals surface area contributed by atoms with Crippen molar-refractivity contribution in [3.63, 3.8) is 0 Å². The number of hydrogen-bond donors (Lipinski definition) is 1. The van der Waals surface area contributed by atoms with E-state index in [9.17, 15) is 9.59 Å². The summed E-state index contributed by atoms with van der Waals surface area (Å²) in [7, 11) is 0. The summed E-state index contributed by atoms with van der Waals surface area (Å²) in [6, 6.07) is 24.1. The molecule has 7 nitrogen and oxygen atoms in total. The van der Waals surface area contributed by atoms with Crippen LogP contribution in [-0.2, 0) is 32.2 Å². The molecule has 7 heteroatoms. The van der Waals surface area contributed by atoms with E-state index in [2.05, 4.69) is 5.32 Å². The second kappa shape index (κ2) is 11.6. The summed E-state index contributed by atoms with van der Waals surface area (Å²) in [5.74, 6) is -0.985. The summed E-state index contributed by atoms with van der Waals surface area (Å²) in [6.07, 6.45) is 3.43. The second-order valence-electron chi connectivity index (χ2n) is 9.37. The van der Waals surface area contributed by atoms with Crippen molar-refractivity contribution >= 4 is 17.6 Å². The van der Waals surface area contributed by atoms with E-state index < -0.39 is 11.8 Å².